The molecule has 2 N–H and O–H groups in total. The number of nitrogens with zero attached hydrogens (tertiary/aromatic N) is 2. The molecule has 0 saturated carbocycles. The molecule has 0 aliphatic carbocycles. The zero-order chi connectivity index (χ0) is 14.4. The lowest BCUT2D eigenvalue weighted by molar-refractivity contribution is 0.362. The molecule has 0 saturated heterocycles. The third-order valence-electron chi connectivity index (χ3n) is 2.69. The van der Waals surface area contributed by atoms with Crippen LogP contribution in [0.1, 0.15) is 20.8 Å². The third kappa shape index (κ3) is 2.62. The summed E-state index contributed by atoms with van der Waals surface area (Å²) in [5, 5.41) is 4.54. The fourth-order valence-electron chi connectivity index (χ4n) is 1.75. The molecule has 0 radical (unpaired) electrons. The maximum atomic E-state index is 13.5. The van der Waals surface area contributed by atoms with Crippen LogP contribution in [0.2, 0.25) is 5.02 Å². The van der Waals surface area contributed by atoms with E-state index in [4.69, 9.17) is 17.3 Å². The van der Waals surface area contributed by atoms with Crippen molar-refractivity contribution >= 4 is 33.3 Å². The quantitative estimate of drug-likeness (QED) is 0.829. The number of aromatic nitrogens is 2. The summed E-state index contributed by atoms with van der Waals surface area (Å²) in [7, 11) is 0. The molecule has 0 aliphatic rings. The van der Waals surface area contributed by atoms with Crippen molar-refractivity contribution in [1.29, 1.82) is 0 Å². The smallest absolute Gasteiger partial charge is 0.142 e. The van der Waals surface area contributed by atoms with Gasteiger partial charge in [0.25, 0.3) is 0 Å². The number of rotatable bonds is 1. The normalized spacial score (nSPS) is 11.9. The Morgan fingerprint density at radius 2 is 2.00 bits per heavy atom. The zero-order valence-corrected chi connectivity index (χ0v) is 13.2. The molecular formula is C13H14BrClFN3. The molecule has 0 amide bonds. The number of hydrogen-bond donors (Lipinski definition) is 1. The van der Waals surface area contributed by atoms with Gasteiger partial charge in [-0.1, -0.05) is 17.7 Å². The second-order valence-corrected chi connectivity index (χ2v) is 6.46. The van der Waals surface area contributed by atoms with Crippen LogP contribution >= 0.6 is 27.5 Å². The highest BCUT2D eigenvalue weighted by Gasteiger charge is 2.23. The first-order chi connectivity index (χ1) is 8.71. The van der Waals surface area contributed by atoms with Crippen molar-refractivity contribution in [3.05, 3.63) is 33.5 Å². The summed E-state index contributed by atoms with van der Waals surface area (Å²) in [6.45, 7) is 5.99. The second-order valence-electron chi connectivity index (χ2n) is 5.26. The minimum Gasteiger partial charge on any atom is -0.383 e. The van der Waals surface area contributed by atoms with Gasteiger partial charge in [-0.05, 0) is 48.8 Å². The number of halogens is 3. The van der Waals surface area contributed by atoms with Crippen LogP contribution in [0.3, 0.4) is 0 Å². The van der Waals surface area contributed by atoms with E-state index in [0.29, 0.717) is 21.5 Å². The van der Waals surface area contributed by atoms with Gasteiger partial charge in [-0.2, -0.15) is 5.10 Å². The van der Waals surface area contributed by atoms with Crippen molar-refractivity contribution in [2.45, 2.75) is 26.3 Å². The SMILES string of the molecule is CC(C)(C)n1nc(-c2ccc(Cl)c(F)c2)c(Br)c1N. The summed E-state index contributed by atoms with van der Waals surface area (Å²) in [5.41, 5.74) is 7.00. The lowest BCUT2D eigenvalue weighted by atomic mass is 10.1. The zero-order valence-electron chi connectivity index (χ0n) is 10.8. The number of anilines is 1. The third-order valence-corrected chi connectivity index (χ3v) is 3.78. The summed E-state index contributed by atoms with van der Waals surface area (Å²) in [4.78, 5) is 0. The predicted molar refractivity (Wildman–Crippen MR) is 79.7 cm³/mol. The molecular weight excluding hydrogens is 333 g/mol. The molecule has 102 valence electrons. The van der Waals surface area contributed by atoms with Crippen LogP contribution < -0.4 is 5.73 Å². The van der Waals surface area contributed by atoms with Crippen molar-refractivity contribution in [3.63, 3.8) is 0 Å². The Morgan fingerprint density at radius 1 is 1.37 bits per heavy atom. The summed E-state index contributed by atoms with van der Waals surface area (Å²) < 4.78 is 15.9. The molecule has 0 spiro atoms. The molecule has 6 heteroatoms. The molecule has 0 bridgehead atoms. The molecule has 1 aromatic carbocycles. The average molecular weight is 347 g/mol. The van der Waals surface area contributed by atoms with Gasteiger partial charge in [-0.25, -0.2) is 9.07 Å². The fraction of sp³-hybridized carbons (Fsp3) is 0.308. The number of benzene rings is 1. The van der Waals surface area contributed by atoms with E-state index in [1.807, 2.05) is 20.8 Å². The van der Waals surface area contributed by atoms with Gasteiger partial charge in [-0.3, -0.25) is 0 Å². The Balaban J connectivity index is 2.60. The minimum atomic E-state index is -0.477. The van der Waals surface area contributed by atoms with Gasteiger partial charge in [0.1, 0.15) is 17.3 Å². The molecule has 0 atom stereocenters. The number of nitrogen functional groups attached to an aromatic ring is 1. The van der Waals surface area contributed by atoms with E-state index in [9.17, 15) is 4.39 Å². The van der Waals surface area contributed by atoms with E-state index in [1.54, 1.807) is 10.7 Å². The molecule has 2 rings (SSSR count). The van der Waals surface area contributed by atoms with Gasteiger partial charge in [0, 0.05) is 5.56 Å². The molecule has 2 aromatic rings. The van der Waals surface area contributed by atoms with Crippen LogP contribution in [0.25, 0.3) is 11.3 Å². The van der Waals surface area contributed by atoms with E-state index < -0.39 is 5.82 Å². The van der Waals surface area contributed by atoms with Crippen molar-refractivity contribution in [2.24, 2.45) is 0 Å². The molecule has 19 heavy (non-hydrogen) atoms. The van der Waals surface area contributed by atoms with Gasteiger partial charge in [0.2, 0.25) is 0 Å². The van der Waals surface area contributed by atoms with Crippen LogP contribution in [0.15, 0.2) is 22.7 Å². The van der Waals surface area contributed by atoms with E-state index >= 15 is 0 Å². The van der Waals surface area contributed by atoms with E-state index in [-0.39, 0.29) is 10.6 Å². The van der Waals surface area contributed by atoms with Gasteiger partial charge >= 0.3 is 0 Å². The Bertz CT molecular complexity index is 632. The monoisotopic (exact) mass is 345 g/mol. The first-order valence-electron chi connectivity index (χ1n) is 5.71. The topological polar surface area (TPSA) is 43.8 Å². The summed E-state index contributed by atoms with van der Waals surface area (Å²) >= 11 is 9.09. The minimum absolute atomic E-state index is 0.0862. The van der Waals surface area contributed by atoms with Crippen LogP contribution in [0.5, 0.6) is 0 Å². The van der Waals surface area contributed by atoms with Gasteiger partial charge in [-0.15, -0.1) is 0 Å². The highest BCUT2D eigenvalue weighted by Crippen LogP contribution is 2.35. The van der Waals surface area contributed by atoms with Crippen LogP contribution in [-0.2, 0) is 5.54 Å². The highest BCUT2D eigenvalue weighted by molar-refractivity contribution is 9.10. The Morgan fingerprint density at radius 3 is 2.47 bits per heavy atom. The Labute approximate surface area is 124 Å². The highest BCUT2D eigenvalue weighted by atomic mass is 79.9. The van der Waals surface area contributed by atoms with Crippen LogP contribution in [-0.4, -0.2) is 9.78 Å². The summed E-state index contributed by atoms with van der Waals surface area (Å²) in [5.74, 6) is 0.0350. The van der Waals surface area contributed by atoms with Gasteiger partial charge in [0.05, 0.1) is 15.0 Å². The lowest BCUT2D eigenvalue weighted by Gasteiger charge is -2.20. The molecule has 0 aliphatic heterocycles. The fourth-order valence-corrected chi connectivity index (χ4v) is 2.35. The average Bonchev–Trinajstić information content (AvgIpc) is 2.60. The summed E-state index contributed by atoms with van der Waals surface area (Å²) in [6, 6.07) is 4.57. The maximum Gasteiger partial charge on any atom is 0.142 e. The molecule has 1 heterocycles. The molecule has 1 aromatic heterocycles. The predicted octanol–water partition coefficient (Wildman–Crippen LogP) is 4.44. The van der Waals surface area contributed by atoms with Gasteiger partial charge < -0.3 is 5.73 Å². The Kier molecular flexibility index (Phi) is 3.62. The molecule has 0 fully saturated rings. The van der Waals surface area contributed by atoms with Crippen molar-refractivity contribution in [2.75, 3.05) is 5.73 Å². The van der Waals surface area contributed by atoms with Gasteiger partial charge in [0.15, 0.2) is 0 Å². The standard InChI is InChI=1S/C13H14BrClFN3/c1-13(2,3)19-12(17)10(14)11(18-19)7-4-5-8(15)9(16)6-7/h4-6H,17H2,1-3H3. The Hall–Kier alpha value is -1.07. The lowest BCUT2D eigenvalue weighted by Crippen LogP contribution is -2.24. The molecule has 3 nitrogen and oxygen atoms in total. The number of hydrogen-bond acceptors (Lipinski definition) is 2. The van der Waals surface area contributed by atoms with Crippen molar-refractivity contribution < 1.29 is 4.39 Å². The van der Waals surface area contributed by atoms with E-state index in [0.717, 1.165) is 0 Å². The second kappa shape index (κ2) is 4.80. The van der Waals surface area contributed by atoms with Crippen LogP contribution in [0.4, 0.5) is 10.2 Å². The first-order valence-corrected chi connectivity index (χ1v) is 6.89. The van der Waals surface area contributed by atoms with E-state index in [2.05, 4.69) is 21.0 Å². The largest absolute Gasteiger partial charge is 0.383 e. The molecule has 0 unspecified atom stereocenters. The van der Waals surface area contributed by atoms with Crippen molar-refractivity contribution in [3.8, 4) is 11.3 Å². The van der Waals surface area contributed by atoms with E-state index in [1.165, 1.54) is 12.1 Å². The summed E-state index contributed by atoms with van der Waals surface area (Å²) in [6.07, 6.45) is 0. The number of nitrogens with two attached hydrogens (primary N) is 1. The first kappa shape index (κ1) is 14.3. The van der Waals surface area contributed by atoms with Crippen LogP contribution in [0, 0.1) is 5.82 Å². The van der Waals surface area contributed by atoms with Crippen molar-refractivity contribution in [1.82, 2.24) is 9.78 Å². The maximum absolute atomic E-state index is 13.5.